The lowest BCUT2D eigenvalue weighted by Crippen LogP contribution is -2.33. The Hall–Kier alpha value is -3.16. The van der Waals surface area contributed by atoms with E-state index in [1.165, 1.54) is 18.6 Å². The Labute approximate surface area is 125 Å². The maximum atomic E-state index is 11.8. The third-order valence-electron chi connectivity index (χ3n) is 2.86. The fourth-order valence-electron chi connectivity index (χ4n) is 1.85. The summed E-state index contributed by atoms with van der Waals surface area (Å²) in [4.78, 5) is 31.2. The van der Waals surface area contributed by atoms with Crippen molar-refractivity contribution >= 4 is 17.5 Å². The lowest BCUT2D eigenvalue weighted by Gasteiger charge is -2.07. The number of carbonyl (C=O) groups excluding carboxylic acids is 2. The molecule has 0 atom stereocenters. The summed E-state index contributed by atoms with van der Waals surface area (Å²) < 4.78 is 10.4. The normalized spacial score (nSPS) is 11.8. The van der Waals surface area contributed by atoms with Crippen LogP contribution in [-0.2, 0) is 4.79 Å². The Morgan fingerprint density at radius 1 is 1.18 bits per heavy atom. The Kier molecular flexibility index (Phi) is 3.82. The summed E-state index contributed by atoms with van der Waals surface area (Å²) in [6, 6.07) is 5.05. The zero-order valence-corrected chi connectivity index (χ0v) is 11.4. The van der Waals surface area contributed by atoms with Gasteiger partial charge in [-0.25, -0.2) is 4.98 Å². The average molecular weight is 300 g/mol. The maximum Gasteiger partial charge on any atom is 0.271 e. The van der Waals surface area contributed by atoms with Gasteiger partial charge in [-0.05, 0) is 12.1 Å². The molecular weight excluding hydrogens is 288 g/mol. The standard InChI is InChI=1S/C14H12N4O4/c19-13(7-17-14(20)10-6-15-3-4-16-10)18-9-1-2-11-12(5-9)22-8-21-11/h1-6H,7-8H2,(H,17,20)(H,18,19). The summed E-state index contributed by atoms with van der Waals surface area (Å²) in [6.45, 7) is -0.00918. The highest BCUT2D eigenvalue weighted by atomic mass is 16.7. The van der Waals surface area contributed by atoms with Crippen molar-refractivity contribution in [3.63, 3.8) is 0 Å². The van der Waals surface area contributed by atoms with Gasteiger partial charge in [0.15, 0.2) is 11.5 Å². The van der Waals surface area contributed by atoms with E-state index < -0.39 is 5.91 Å². The van der Waals surface area contributed by atoms with Gasteiger partial charge in [-0.3, -0.25) is 14.6 Å². The lowest BCUT2D eigenvalue weighted by molar-refractivity contribution is -0.115. The lowest BCUT2D eigenvalue weighted by atomic mass is 10.3. The van der Waals surface area contributed by atoms with Gasteiger partial charge in [0.1, 0.15) is 5.69 Å². The summed E-state index contributed by atoms with van der Waals surface area (Å²) in [5.41, 5.74) is 0.710. The number of anilines is 1. The van der Waals surface area contributed by atoms with Crippen molar-refractivity contribution in [1.82, 2.24) is 15.3 Å². The summed E-state index contributed by atoms with van der Waals surface area (Å²) in [7, 11) is 0. The SMILES string of the molecule is O=C(CNC(=O)c1cnccn1)Nc1ccc2c(c1)OCO2. The van der Waals surface area contributed by atoms with E-state index in [0.29, 0.717) is 17.2 Å². The fraction of sp³-hybridized carbons (Fsp3) is 0.143. The first kappa shape index (κ1) is 13.8. The van der Waals surface area contributed by atoms with Crippen LogP contribution in [0, 0.1) is 0 Å². The molecule has 1 aromatic carbocycles. The second-order valence-electron chi connectivity index (χ2n) is 4.39. The highest BCUT2D eigenvalue weighted by Gasteiger charge is 2.14. The van der Waals surface area contributed by atoms with Crippen LogP contribution >= 0.6 is 0 Å². The van der Waals surface area contributed by atoms with Crippen LogP contribution in [0.4, 0.5) is 5.69 Å². The van der Waals surface area contributed by atoms with Crippen molar-refractivity contribution in [3.8, 4) is 11.5 Å². The van der Waals surface area contributed by atoms with Crippen molar-refractivity contribution < 1.29 is 19.1 Å². The van der Waals surface area contributed by atoms with E-state index in [2.05, 4.69) is 20.6 Å². The third-order valence-corrected chi connectivity index (χ3v) is 2.86. The fourth-order valence-corrected chi connectivity index (χ4v) is 1.85. The first-order valence-electron chi connectivity index (χ1n) is 6.46. The smallest absolute Gasteiger partial charge is 0.271 e. The van der Waals surface area contributed by atoms with Gasteiger partial charge in [0, 0.05) is 24.1 Å². The molecule has 2 heterocycles. The van der Waals surface area contributed by atoms with E-state index in [1.54, 1.807) is 18.2 Å². The number of ether oxygens (including phenoxy) is 2. The minimum atomic E-state index is -0.464. The van der Waals surface area contributed by atoms with Crippen molar-refractivity contribution in [3.05, 3.63) is 42.5 Å². The molecule has 112 valence electrons. The van der Waals surface area contributed by atoms with Gasteiger partial charge in [-0.2, -0.15) is 0 Å². The van der Waals surface area contributed by atoms with Crippen molar-refractivity contribution in [1.29, 1.82) is 0 Å². The average Bonchev–Trinajstić information content (AvgIpc) is 3.01. The topological polar surface area (TPSA) is 102 Å². The number of amides is 2. The molecule has 1 aliphatic heterocycles. The molecule has 0 fully saturated rings. The molecule has 8 nitrogen and oxygen atoms in total. The second-order valence-corrected chi connectivity index (χ2v) is 4.39. The Morgan fingerprint density at radius 3 is 2.86 bits per heavy atom. The number of fused-ring (bicyclic) bond motifs is 1. The predicted octanol–water partition coefficient (Wildman–Crippen LogP) is 0.574. The van der Waals surface area contributed by atoms with E-state index in [1.807, 2.05) is 0 Å². The van der Waals surface area contributed by atoms with Gasteiger partial charge in [0.25, 0.3) is 5.91 Å². The summed E-state index contributed by atoms with van der Waals surface area (Å²) in [5, 5.41) is 5.12. The third kappa shape index (κ3) is 3.11. The van der Waals surface area contributed by atoms with E-state index in [0.717, 1.165) is 0 Å². The summed E-state index contributed by atoms with van der Waals surface area (Å²) in [6.07, 6.45) is 4.19. The summed E-state index contributed by atoms with van der Waals surface area (Å²) in [5.74, 6) is 0.375. The molecular formula is C14H12N4O4. The number of hydrogen-bond donors (Lipinski definition) is 2. The molecule has 0 saturated carbocycles. The van der Waals surface area contributed by atoms with Crippen LogP contribution in [0.25, 0.3) is 0 Å². The first-order valence-corrected chi connectivity index (χ1v) is 6.46. The van der Waals surface area contributed by atoms with E-state index in [-0.39, 0.29) is 24.9 Å². The minimum Gasteiger partial charge on any atom is -0.454 e. The van der Waals surface area contributed by atoms with E-state index >= 15 is 0 Å². The van der Waals surface area contributed by atoms with Crippen LogP contribution < -0.4 is 20.1 Å². The molecule has 3 rings (SSSR count). The number of aromatic nitrogens is 2. The highest BCUT2D eigenvalue weighted by molar-refractivity contribution is 5.98. The van der Waals surface area contributed by atoms with Crippen LogP contribution in [-0.4, -0.2) is 35.1 Å². The molecule has 1 aliphatic rings. The molecule has 22 heavy (non-hydrogen) atoms. The van der Waals surface area contributed by atoms with Crippen LogP contribution in [0.3, 0.4) is 0 Å². The van der Waals surface area contributed by atoms with Crippen LogP contribution in [0.1, 0.15) is 10.5 Å². The molecule has 2 amide bonds. The predicted molar refractivity (Wildman–Crippen MR) is 75.6 cm³/mol. The Balaban J connectivity index is 1.53. The number of benzene rings is 1. The first-order chi connectivity index (χ1) is 10.7. The zero-order valence-electron chi connectivity index (χ0n) is 11.4. The summed E-state index contributed by atoms with van der Waals surface area (Å²) >= 11 is 0. The molecule has 2 N–H and O–H groups in total. The Bertz CT molecular complexity index is 705. The minimum absolute atomic E-state index is 0.151. The molecule has 0 aliphatic carbocycles. The molecule has 1 aromatic heterocycles. The van der Waals surface area contributed by atoms with E-state index in [4.69, 9.17) is 9.47 Å². The maximum absolute atomic E-state index is 11.8. The number of hydrogen-bond acceptors (Lipinski definition) is 6. The van der Waals surface area contributed by atoms with Gasteiger partial charge in [-0.15, -0.1) is 0 Å². The van der Waals surface area contributed by atoms with Gasteiger partial charge in [0.2, 0.25) is 12.7 Å². The largest absolute Gasteiger partial charge is 0.454 e. The number of rotatable bonds is 4. The zero-order chi connectivity index (χ0) is 15.4. The molecule has 0 spiro atoms. The second kappa shape index (κ2) is 6.08. The molecule has 8 heteroatoms. The molecule has 0 radical (unpaired) electrons. The van der Waals surface area contributed by atoms with E-state index in [9.17, 15) is 9.59 Å². The quantitative estimate of drug-likeness (QED) is 0.856. The number of nitrogens with one attached hydrogen (secondary N) is 2. The van der Waals surface area contributed by atoms with Crippen LogP contribution in [0.5, 0.6) is 11.5 Å². The highest BCUT2D eigenvalue weighted by Crippen LogP contribution is 2.34. The monoisotopic (exact) mass is 300 g/mol. The van der Waals surface area contributed by atoms with Crippen molar-refractivity contribution in [2.24, 2.45) is 0 Å². The van der Waals surface area contributed by atoms with Crippen LogP contribution in [0.15, 0.2) is 36.8 Å². The number of nitrogens with zero attached hydrogens (tertiary/aromatic N) is 2. The molecule has 0 unspecified atom stereocenters. The molecule has 2 aromatic rings. The molecule has 0 saturated heterocycles. The number of carbonyl (C=O) groups is 2. The van der Waals surface area contributed by atoms with Crippen molar-refractivity contribution in [2.75, 3.05) is 18.7 Å². The van der Waals surface area contributed by atoms with Crippen molar-refractivity contribution in [2.45, 2.75) is 0 Å². The Morgan fingerprint density at radius 2 is 2.05 bits per heavy atom. The van der Waals surface area contributed by atoms with Gasteiger partial charge in [0.05, 0.1) is 12.7 Å². The van der Waals surface area contributed by atoms with Gasteiger partial charge < -0.3 is 20.1 Å². The van der Waals surface area contributed by atoms with Gasteiger partial charge in [-0.1, -0.05) is 0 Å². The van der Waals surface area contributed by atoms with Gasteiger partial charge >= 0.3 is 0 Å². The molecule has 0 bridgehead atoms. The van der Waals surface area contributed by atoms with Crippen LogP contribution in [0.2, 0.25) is 0 Å².